The number of rotatable bonds is 4. The Morgan fingerprint density at radius 3 is 2.73 bits per heavy atom. The van der Waals surface area contributed by atoms with Gasteiger partial charge in [-0.25, -0.2) is 13.2 Å². The zero-order valence-electron chi connectivity index (χ0n) is 14.1. The Labute approximate surface area is 150 Å². The van der Waals surface area contributed by atoms with Gasteiger partial charge in [-0.05, 0) is 18.2 Å². The molecule has 0 aliphatic carbocycles. The van der Waals surface area contributed by atoms with E-state index in [-0.39, 0.29) is 16.1 Å². The molecule has 7 nitrogen and oxygen atoms in total. The van der Waals surface area contributed by atoms with E-state index in [0.29, 0.717) is 43.1 Å². The SMILES string of the molecule is COC(=O)c1ccccc1NS(=O)(=O)c1c2c(cc3c1OCC3)OCC2. The molecule has 26 heavy (non-hydrogen) atoms. The summed E-state index contributed by atoms with van der Waals surface area (Å²) in [6.07, 6.45) is 1.12. The molecule has 136 valence electrons. The lowest BCUT2D eigenvalue weighted by atomic mass is 10.1. The van der Waals surface area contributed by atoms with Crippen molar-refractivity contribution in [2.45, 2.75) is 17.7 Å². The molecule has 0 amide bonds. The highest BCUT2D eigenvalue weighted by atomic mass is 32.2. The van der Waals surface area contributed by atoms with E-state index in [4.69, 9.17) is 14.2 Å². The smallest absolute Gasteiger partial charge is 0.339 e. The van der Waals surface area contributed by atoms with E-state index >= 15 is 0 Å². The molecule has 0 spiro atoms. The number of nitrogens with one attached hydrogen (secondary N) is 1. The highest BCUT2D eigenvalue weighted by Crippen LogP contribution is 2.43. The number of benzene rings is 2. The number of fused-ring (bicyclic) bond motifs is 2. The van der Waals surface area contributed by atoms with Crippen LogP contribution < -0.4 is 14.2 Å². The molecule has 0 fully saturated rings. The van der Waals surface area contributed by atoms with Gasteiger partial charge in [0.25, 0.3) is 10.0 Å². The summed E-state index contributed by atoms with van der Waals surface area (Å²) in [5, 5.41) is 0. The molecule has 0 atom stereocenters. The third-order valence-electron chi connectivity index (χ3n) is 4.45. The third kappa shape index (κ3) is 2.66. The van der Waals surface area contributed by atoms with Gasteiger partial charge < -0.3 is 14.2 Å². The van der Waals surface area contributed by atoms with Gasteiger partial charge in [-0.2, -0.15) is 0 Å². The maximum absolute atomic E-state index is 13.2. The largest absolute Gasteiger partial charge is 0.493 e. The van der Waals surface area contributed by atoms with Crippen LogP contribution >= 0.6 is 0 Å². The fourth-order valence-electron chi connectivity index (χ4n) is 3.28. The van der Waals surface area contributed by atoms with Gasteiger partial charge in [-0.3, -0.25) is 4.72 Å². The number of methoxy groups -OCH3 is 1. The second-order valence-corrected chi connectivity index (χ2v) is 7.63. The Bertz CT molecular complexity index is 967. The first-order valence-electron chi connectivity index (χ1n) is 8.16. The van der Waals surface area contributed by atoms with E-state index in [2.05, 4.69) is 4.72 Å². The van der Waals surface area contributed by atoms with E-state index in [9.17, 15) is 13.2 Å². The van der Waals surface area contributed by atoms with E-state index in [1.807, 2.05) is 6.07 Å². The summed E-state index contributed by atoms with van der Waals surface area (Å²) in [5.41, 5.74) is 1.71. The fourth-order valence-corrected chi connectivity index (χ4v) is 4.81. The standard InChI is InChI=1S/C18H17NO6S/c1-23-18(20)12-4-2-3-5-14(12)19-26(21,22)17-13-7-9-24-15(13)10-11-6-8-25-16(11)17/h2-5,10,19H,6-9H2,1H3. The summed E-state index contributed by atoms with van der Waals surface area (Å²) < 4.78 is 44.8. The van der Waals surface area contributed by atoms with Crippen LogP contribution in [0.4, 0.5) is 5.69 Å². The number of carbonyl (C=O) groups is 1. The Morgan fingerprint density at radius 2 is 1.92 bits per heavy atom. The zero-order chi connectivity index (χ0) is 18.3. The molecule has 0 radical (unpaired) electrons. The van der Waals surface area contributed by atoms with Crippen molar-refractivity contribution in [1.29, 1.82) is 0 Å². The predicted molar refractivity (Wildman–Crippen MR) is 93.4 cm³/mol. The molecule has 0 unspecified atom stereocenters. The van der Waals surface area contributed by atoms with Crippen molar-refractivity contribution in [2.24, 2.45) is 0 Å². The maximum Gasteiger partial charge on any atom is 0.339 e. The number of para-hydroxylation sites is 1. The molecular weight excluding hydrogens is 358 g/mol. The second kappa shape index (κ2) is 6.21. The monoisotopic (exact) mass is 375 g/mol. The van der Waals surface area contributed by atoms with Gasteiger partial charge in [-0.15, -0.1) is 0 Å². The van der Waals surface area contributed by atoms with Crippen LogP contribution in [0.2, 0.25) is 0 Å². The van der Waals surface area contributed by atoms with Crippen LogP contribution in [0.3, 0.4) is 0 Å². The minimum absolute atomic E-state index is 0.0969. The predicted octanol–water partition coefficient (Wildman–Crippen LogP) is 2.14. The lowest BCUT2D eigenvalue weighted by molar-refractivity contribution is 0.0602. The molecule has 2 aliphatic rings. The van der Waals surface area contributed by atoms with Crippen LogP contribution in [0.1, 0.15) is 21.5 Å². The molecule has 8 heteroatoms. The van der Waals surface area contributed by atoms with Gasteiger partial charge in [0.2, 0.25) is 0 Å². The van der Waals surface area contributed by atoms with Crippen LogP contribution in [0, 0.1) is 0 Å². The number of hydrogen-bond acceptors (Lipinski definition) is 6. The van der Waals surface area contributed by atoms with Crippen molar-refractivity contribution in [3.05, 3.63) is 47.0 Å². The Kier molecular flexibility index (Phi) is 3.99. The first-order chi connectivity index (χ1) is 12.5. The Hall–Kier alpha value is -2.74. The Morgan fingerprint density at radius 1 is 1.15 bits per heavy atom. The lowest BCUT2D eigenvalue weighted by Gasteiger charge is -2.16. The maximum atomic E-state index is 13.2. The van der Waals surface area contributed by atoms with Gasteiger partial charge >= 0.3 is 5.97 Å². The molecule has 2 aromatic rings. The molecule has 4 rings (SSSR count). The van der Waals surface area contributed by atoms with Gasteiger partial charge in [-0.1, -0.05) is 12.1 Å². The molecule has 0 saturated heterocycles. The number of ether oxygens (including phenoxy) is 3. The van der Waals surface area contributed by atoms with Crippen molar-refractivity contribution in [3.8, 4) is 11.5 Å². The van der Waals surface area contributed by atoms with Gasteiger partial charge in [0.15, 0.2) is 0 Å². The van der Waals surface area contributed by atoms with Crippen LogP contribution in [0.15, 0.2) is 35.2 Å². The molecular formula is C18H17NO6S. The highest BCUT2D eigenvalue weighted by molar-refractivity contribution is 7.93. The van der Waals surface area contributed by atoms with Crippen molar-refractivity contribution in [1.82, 2.24) is 0 Å². The van der Waals surface area contributed by atoms with Gasteiger partial charge in [0, 0.05) is 24.0 Å². The molecule has 2 heterocycles. The third-order valence-corrected chi connectivity index (χ3v) is 5.91. The second-order valence-electron chi connectivity index (χ2n) is 6.01. The van der Waals surface area contributed by atoms with E-state index in [0.717, 1.165) is 5.56 Å². The lowest BCUT2D eigenvalue weighted by Crippen LogP contribution is -2.18. The van der Waals surface area contributed by atoms with Crippen LogP contribution in [0.25, 0.3) is 0 Å². The number of carbonyl (C=O) groups excluding carboxylic acids is 1. The van der Waals surface area contributed by atoms with E-state index in [1.165, 1.54) is 19.2 Å². The number of esters is 1. The highest BCUT2D eigenvalue weighted by Gasteiger charge is 2.34. The normalized spacial score (nSPS) is 14.8. The number of sulfonamides is 1. The summed E-state index contributed by atoms with van der Waals surface area (Å²) in [7, 11) is -2.75. The molecule has 0 saturated carbocycles. The molecule has 2 aromatic carbocycles. The summed E-state index contributed by atoms with van der Waals surface area (Å²) in [6.45, 7) is 0.860. The van der Waals surface area contributed by atoms with Crippen LogP contribution in [0.5, 0.6) is 11.5 Å². The number of hydrogen-bond donors (Lipinski definition) is 1. The molecule has 0 aromatic heterocycles. The zero-order valence-corrected chi connectivity index (χ0v) is 14.9. The van der Waals surface area contributed by atoms with Gasteiger partial charge in [0.05, 0.1) is 31.6 Å². The van der Waals surface area contributed by atoms with E-state index < -0.39 is 16.0 Å². The fraction of sp³-hybridized carbons (Fsp3) is 0.278. The molecule has 2 aliphatic heterocycles. The molecule has 1 N–H and O–H groups in total. The summed E-state index contributed by atoms with van der Waals surface area (Å²) in [6, 6.07) is 8.16. The quantitative estimate of drug-likeness (QED) is 0.824. The van der Waals surface area contributed by atoms with Crippen molar-refractivity contribution in [3.63, 3.8) is 0 Å². The van der Waals surface area contributed by atoms with Crippen molar-refractivity contribution < 1.29 is 27.4 Å². The van der Waals surface area contributed by atoms with Crippen molar-refractivity contribution in [2.75, 3.05) is 25.0 Å². The molecule has 0 bridgehead atoms. The summed E-state index contributed by atoms with van der Waals surface area (Å²) >= 11 is 0. The Balaban J connectivity index is 1.82. The summed E-state index contributed by atoms with van der Waals surface area (Å²) in [5.74, 6) is 0.333. The minimum atomic E-state index is -3.99. The average Bonchev–Trinajstić information content (AvgIpc) is 3.27. The topological polar surface area (TPSA) is 90.9 Å². The van der Waals surface area contributed by atoms with Gasteiger partial charge in [0.1, 0.15) is 16.4 Å². The summed E-state index contributed by atoms with van der Waals surface area (Å²) in [4.78, 5) is 12.0. The average molecular weight is 375 g/mol. The van der Waals surface area contributed by atoms with Crippen LogP contribution in [-0.4, -0.2) is 34.7 Å². The first-order valence-corrected chi connectivity index (χ1v) is 9.64. The van der Waals surface area contributed by atoms with Crippen molar-refractivity contribution >= 4 is 21.7 Å². The number of anilines is 1. The minimum Gasteiger partial charge on any atom is -0.493 e. The first kappa shape index (κ1) is 16.7. The van der Waals surface area contributed by atoms with Crippen LogP contribution in [-0.2, 0) is 27.6 Å². The van der Waals surface area contributed by atoms with E-state index in [1.54, 1.807) is 12.1 Å².